The van der Waals surface area contributed by atoms with Crippen molar-refractivity contribution in [3.8, 4) is 34.1 Å². The first-order valence-corrected chi connectivity index (χ1v) is 13.8. The van der Waals surface area contributed by atoms with Gasteiger partial charge in [-0.3, -0.25) is 29.0 Å². The standard InChI is InChI=1S/C32H16F8N2O6/c33-23-21(24(34)28(38)31(27(23)37)47-15-5-1-3-13(11-15)41-17(43)7-8-18(41)44)22-25(35)29(39)32(30(40)26(22)36)48-16-6-2-4-14(12-16)42-19(45)9-10-20(42)46/h1-6,11-12H,7-10H2. The number of halogens is 8. The molecule has 0 unspecified atom stereocenters. The van der Waals surface area contributed by atoms with Crippen LogP contribution in [-0.2, 0) is 19.2 Å². The van der Waals surface area contributed by atoms with Crippen molar-refractivity contribution in [3.05, 3.63) is 95.1 Å². The Hall–Kier alpha value is -5.80. The molecular weight excluding hydrogens is 660 g/mol. The van der Waals surface area contributed by atoms with Crippen LogP contribution in [0.3, 0.4) is 0 Å². The highest BCUT2D eigenvalue weighted by atomic mass is 19.2. The van der Waals surface area contributed by atoms with Gasteiger partial charge in [-0.05, 0) is 24.3 Å². The van der Waals surface area contributed by atoms with Crippen molar-refractivity contribution in [2.75, 3.05) is 9.80 Å². The topological polar surface area (TPSA) is 93.2 Å². The fraction of sp³-hybridized carbons (Fsp3) is 0.125. The quantitative estimate of drug-likeness (QED) is 0.115. The van der Waals surface area contributed by atoms with Gasteiger partial charge in [-0.15, -0.1) is 0 Å². The van der Waals surface area contributed by atoms with E-state index in [9.17, 15) is 19.2 Å². The van der Waals surface area contributed by atoms with Crippen LogP contribution in [0.1, 0.15) is 25.7 Å². The van der Waals surface area contributed by atoms with E-state index in [1.165, 1.54) is 24.3 Å². The van der Waals surface area contributed by atoms with Gasteiger partial charge in [0.2, 0.25) is 58.4 Å². The molecule has 6 rings (SSSR count). The Kier molecular flexibility index (Phi) is 8.10. The first-order chi connectivity index (χ1) is 22.8. The lowest BCUT2D eigenvalue weighted by atomic mass is 10.0. The summed E-state index contributed by atoms with van der Waals surface area (Å²) in [6, 6.07) is 8.86. The summed E-state index contributed by atoms with van der Waals surface area (Å²) >= 11 is 0. The minimum absolute atomic E-state index is 0.0967. The van der Waals surface area contributed by atoms with Crippen molar-refractivity contribution in [3.63, 3.8) is 0 Å². The molecule has 4 aromatic carbocycles. The van der Waals surface area contributed by atoms with E-state index in [4.69, 9.17) is 9.47 Å². The summed E-state index contributed by atoms with van der Waals surface area (Å²) in [4.78, 5) is 49.6. The zero-order valence-electron chi connectivity index (χ0n) is 23.8. The highest BCUT2D eigenvalue weighted by Crippen LogP contribution is 2.44. The Morgan fingerprint density at radius 3 is 1.02 bits per heavy atom. The first kappa shape index (κ1) is 32.2. The molecule has 0 spiro atoms. The molecule has 246 valence electrons. The van der Waals surface area contributed by atoms with Crippen LogP contribution in [0, 0.1) is 46.5 Å². The van der Waals surface area contributed by atoms with Gasteiger partial charge in [0.1, 0.15) is 11.5 Å². The Morgan fingerprint density at radius 2 is 0.729 bits per heavy atom. The van der Waals surface area contributed by atoms with Crippen LogP contribution in [0.15, 0.2) is 48.5 Å². The summed E-state index contributed by atoms with van der Waals surface area (Å²) < 4.78 is 131. The number of hydrogen-bond acceptors (Lipinski definition) is 6. The Labute approximate surface area is 263 Å². The number of rotatable bonds is 7. The molecule has 0 aromatic heterocycles. The van der Waals surface area contributed by atoms with Crippen molar-refractivity contribution < 1.29 is 63.8 Å². The lowest BCUT2D eigenvalue weighted by molar-refractivity contribution is -0.122. The highest BCUT2D eigenvalue weighted by molar-refractivity contribution is 6.20. The van der Waals surface area contributed by atoms with Crippen molar-refractivity contribution >= 4 is 35.0 Å². The summed E-state index contributed by atoms with van der Waals surface area (Å²) in [6.45, 7) is 0. The number of amides is 4. The lowest BCUT2D eigenvalue weighted by Crippen LogP contribution is -2.28. The predicted octanol–water partition coefficient (Wildman–Crippen LogP) is 7.36. The fourth-order valence-corrected chi connectivity index (χ4v) is 5.18. The summed E-state index contributed by atoms with van der Waals surface area (Å²) in [6.07, 6.45) is -0.434. The van der Waals surface area contributed by atoms with Gasteiger partial charge in [0.05, 0.1) is 22.5 Å². The van der Waals surface area contributed by atoms with Crippen molar-refractivity contribution in [2.45, 2.75) is 25.7 Å². The molecule has 8 nitrogen and oxygen atoms in total. The number of nitrogens with zero attached hydrogens (tertiary/aromatic N) is 2. The summed E-state index contributed by atoms with van der Waals surface area (Å²) in [5.74, 6) is -26.4. The van der Waals surface area contributed by atoms with Crippen molar-refractivity contribution in [1.82, 2.24) is 0 Å². The maximum atomic E-state index is 15.2. The zero-order valence-corrected chi connectivity index (χ0v) is 23.8. The van der Waals surface area contributed by atoms with Crippen LogP contribution in [0.5, 0.6) is 23.0 Å². The molecular formula is C32H16F8N2O6. The van der Waals surface area contributed by atoms with Gasteiger partial charge in [-0.1, -0.05) is 12.1 Å². The summed E-state index contributed by atoms with van der Waals surface area (Å²) in [5.41, 5.74) is -4.51. The van der Waals surface area contributed by atoms with E-state index in [1.54, 1.807) is 0 Å². The fourth-order valence-electron chi connectivity index (χ4n) is 5.18. The van der Waals surface area contributed by atoms with Crippen molar-refractivity contribution in [1.29, 1.82) is 0 Å². The molecule has 0 atom stereocenters. The second kappa shape index (κ2) is 12.1. The maximum absolute atomic E-state index is 15.2. The lowest BCUT2D eigenvalue weighted by Gasteiger charge is -2.18. The van der Waals surface area contributed by atoms with Crippen LogP contribution in [0.2, 0.25) is 0 Å². The van der Waals surface area contributed by atoms with E-state index in [1.807, 2.05) is 0 Å². The van der Waals surface area contributed by atoms with E-state index in [0.717, 1.165) is 34.1 Å². The minimum Gasteiger partial charge on any atom is -0.451 e. The molecule has 4 aromatic rings. The van der Waals surface area contributed by atoms with Gasteiger partial charge in [0, 0.05) is 37.8 Å². The normalized spacial score (nSPS) is 14.8. The van der Waals surface area contributed by atoms with Gasteiger partial charge in [-0.25, -0.2) is 17.6 Å². The van der Waals surface area contributed by atoms with Crippen LogP contribution in [0.25, 0.3) is 11.1 Å². The average molecular weight is 676 g/mol. The second-order valence-electron chi connectivity index (χ2n) is 10.4. The smallest absolute Gasteiger partial charge is 0.234 e. The maximum Gasteiger partial charge on any atom is 0.234 e. The monoisotopic (exact) mass is 676 g/mol. The van der Waals surface area contributed by atoms with Gasteiger partial charge in [-0.2, -0.15) is 17.6 Å². The number of carbonyl (C=O) groups excluding carboxylic acids is 4. The number of ether oxygens (including phenoxy) is 2. The second-order valence-corrected chi connectivity index (χ2v) is 10.4. The number of anilines is 2. The molecule has 0 saturated carbocycles. The van der Waals surface area contributed by atoms with E-state index in [2.05, 4.69) is 0 Å². The molecule has 0 bridgehead atoms. The third-order valence-electron chi connectivity index (χ3n) is 7.39. The Balaban J connectivity index is 1.36. The number of imide groups is 2. The van der Waals surface area contributed by atoms with E-state index in [0.29, 0.717) is 0 Å². The average Bonchev–Trinajstić information content (AvgIpc) is 3.59. The molecule has 2 saturated heterocycles. The molecule has 4 amide bonds. The van der Waals surface area contributed by atoms with E-state index < -0.39 is 104 Å². The molecule has 2 heterocycles. The number of carbonyl (C=O) groups is 4. The minimum atomic E-state index is -2.50. The van der Waals surface area contributed by atoms with Crippen molar-refractivity contribution in [2.24, 2.45) is 0 Å². The summed E-state index contributed by atoms with van der Waals surface area (Å²) in [5, 5.41) is 0. The molecule has 2 fully saturated rings. The van der Waals surface area contributed by atoms with Crippen LogP contribution >= 0.6 is 0 Å². The van der Waals surface area contributed by atoms with Gasteiger partial charge < -0.3 is 9.47 Å². The van der Waals surface area contributed by atoms with E-state index in [-0.39, 0.29) is 37.1 Å². The molecule has 2 aliphatic heterocycles. The van der Waals surface area contributed by atoms with Crippen LogP contribution < -0.4 is 19.3 Å². The molecule has 16 heteroatoms. The van der Waals surface area contributed by atoms with E-state index >= 15 is 35.1 Å². The van der Waals surface area contributed by atoms with Gasteiger partial charge in [0.25, 0.3) is 0 Å². The molecule has 48 heavy (non-hydrogen) atoms. The molecule has 0 radical (unpaired) electrons. The largest absolute Gasteiger partial charge is 0.451 e. The number of benzene rings is 4. The van der Waals surface area contributed by atoms with Crippen LogP contribution in [0.4, 0.5) is 46.5 Å². The summed E-state index contributed by atoms with van der Waals surface area (Å²) in [7, 11) is 0. The Bertz CT molecular complexity index is 1850. The number of hydrogen-bond donors (Lipinski definition) is 0. The Morgan fingerprint density at radius 1 is 0.438 bits per heavy atom. The van der Waals surface area contributed by atoms with Crippen LogP contribution in [-0.4, -0.2) is 23.6 Å². The highest BCUT2D eigenvalue weighted by Gasteiger charge is 2.37. The first-order valence-electron chi connectivity index (χ1n) is 13.8. The third kappa shape index (κ3) is 5.28. The van der Waals surface area contributed by atoms with Gasteiger partial charge in [0.15, 0.2) is 23.3 Å². The molecule has 2 aliphatic rings. The third-order valence-corrected chi connectivity index (χ3v) is 7.39. The predicted molar refractivity (Wildman–Crippen MR) is 148 cm³/mol. The SMILES string of the molecule is O=C1CCC(=O)N1c1cccc(Oc2c(F)c(F)c(-c3c(F)c(F)c(Oc4cccc(N5C(=O)CCC5=O)c4)c(F)c3F)c(F)c2F)c1. The molecule has 0 N–H and O–H groups in total. The zero-order chi connectivity index (χ0) is 34.6. The van der Waals surface area contributed by atoms with Gasteiger partial charge >= 0.3 is 0 Å². The molecule has 0 aliphatic carbocycles.